The first-order valence-corrected chi connectivity index (χ1v) is 11.9. The third kappa shape index (κ3) is 6.12. The van der Waals surface area contributed by atoms with E-state index >= 15 is 0 Å². The lowest BCUT2D eigenvalue weighted by atomic mass is 10.0. The lowest BCUT2D eigenvalue weighted by Crippen LogP contribution is -2.43. The summed E-state index contributed by atoms with van der Waals surface area (Å²) in [5, 5.41) is 3.93. The first-order valence-electron chi connectivity index (χ1n) is 10.1. The summed E-state index contributed by atoms with van der Waals surface area (Å²) in [7, 11) is -0.657. The summed E-state index contributed by atoms with van der Waals surface area (Å²) >= 11 is 6.04. The van der Waals surface area contributed by atoms with Crippen LogP contribution >= 0.6 is 11.6 Å². The maximum atomic E-state index is 12.7. The van der Waals surface area contributed by atoms with Gasteiger partial charge in [0.05, 0.1) is 24.7 Å². The third-order valence-corrected chi connectivity index (χ3v) is 7.36. The van der Waals surface area contributed by atoms with Gasteiger partial charge in [0.25, 0.3) is 0 Å². The van der Waals surface area contributed by atoms with Crippen molar-refractivity contribution >= 4 is 27.4 Å². The molecule has 0 aromatic heterocycles. The van der Waals surface area contributed by atoms with E-state index in [-0.39, 0.29) is 23.3 Å². The summed E-state index contributed by atoms with van der Waals surface area (Å²) in [5.41, 5.74) is 1.48. The van der Waals surface area contributed by atoms with E-state index in [1.165, 1.54) is 26.2 Å². The van der Waals surface area contributed by atoms with E-state index in [0.29, 0.717) is 30.3 Å². The van der Waals surface area contributed by atoms with Crippen LogP contribution < -0.4 is 5.32 Å². The predicted molar refractivity (Wildman–Crippen MR) is 121 cm³/mol. The average molecular weight is 466 g/mol. The van der Waals surface area contributed by atoms with Crippen LogP contribution in [0.1, 0.15) is 22.0 Å². The molecule has 1 aliphatic rings. The highest BCUT2D eigenvalue weighted by Gasteiger charge is 2.23. The minimum atomic E-state index is -3.59. The van der Waals surface area contributed by atoms with Crippen LogP contribution in [-0.4, -0.2) is 76.9 Å². The molecule has 0 spiro atoms. The van der Waals surface area contributed by atoms with Crippen molar-refractivity contribution in [3.05, 3.63) is 64.7 Å². The zero-order valence-electron chi connectivity index (χ0n) is 17.8. The molecule has 2 aromatic carbocycles. The lowest BCUT2D eigenvalue weighted by Gasteiger charge is -2.35. The fraction of sp³-hybridized carbons (Fsp3) is 0.409. The molecule has 0 bridgehead atoms. The average Bonchev–Trinajstić information content (AvgIpc) is 2.78. The van der Waals surface area contributed by atoms with Crippen LogP contribution in [0.5, 0.6) is 0 Å². The molecule has 1 atom stereocenters. The quantitative estimate of drug-likeness (QED) is 0.573. The smallest absolute Gasteiger partial charge is 0.242 e. The Kier molecular flexibility index (Phi) is 8.21. The highest BCUT2D eigenvalue weighted by Crippen LogP contribution is 2.23. The van der Waals surface area contributed by atoms with Crippen LogP contribution in [0.4, 0.5) is 0 Å². The Labute approximate surface area is 189 Å². The molecular weight excluding hydrogens is 438 g/mol. The molecule has 1 unspecified atom stereocenters. The maximum Gasteiger partial charge on any atom is 0.242 e. The van der Waals surface area contributed by atoms with Gasteiger partial charge in [0.15, 0.2) is 5.78 Å². The number of ketones is 1. The summed E-state index contributed by atoms with van der Waals surface area (Å²) in [4.78, 5) is 15.1. The fourth-order valence-corrected chi connectivity index (χ4v) is 4.57. The zero-order valence-corrected chi connectivity index (χ0v) is 19.3. The molecule has 0 radical (unpaired) electrons. The van der Waals surface area contributed by atoms with E-state index in [4.69, 9.17) is 16.3 Å². The van der Waals surface area contributed by atoms with Gasteiger partial charge < -0.3 is 10.1 Å². The van der Waals surface area contributed by atoms with Crippen molar-refractivity contribution in [3.63, 3.8) is 0 Å². The normalized spacial score (nSPS) is 16.4. The van der Waals surface area contributed by atoms with Crippen LogP contribution in [0.15, 0.2) is 53.4 Å². The van der Waals surface area contributed by atoms with E-state index in [1.807, 2.05) is 24.3 Å². The van der Waals surface area contributed by atoms with E-state index in [0.717, 1.165) is 23.0 Å². The molecule has 1 saturated heterocycles. The Morgan fingerprint density at radius 3 is 2.48 bits per heavy atom. The van der Waals surface area contributed by atoms with Gasteiger partial charge in [0.2, 0.25) is 10.0 Å². The number of sulfonamides is 1. The van der Waals surface area contributed by atoms with Gasteiger partial charge >= 0.3 is 0 Å². The van der Waals surface area contributed by atoms with Crippen LogP contribution in [0.3, 0.4) is 0 Å². The summed E-state index contributed by atoms with van der Waals surface area (Å²) < 4.78 is 31.3. The Morgan fingerprint density at radius 2 is 1.84 bits per heavy atom. The van der Waals surface area contributed by atoms with E-state index in [2.05, 4.69) is 10.2 Å². The molecule has 1 N–H and O–H groups in total. The van der Waals surface area contributed by atoms with Crippen molar-refractivity contribution < 1.29 is 17.9 Å². The highest BCUT2D eigenvalue weighted by atomic mass is 35.5. The molecule has 9 heteroatoms. The lowest BCUT2D eigenvalue weighted by molar-refractivity contribution is 0.0162. The number of Topliss-reactive ketones (excluding diaryl/α,β-unsaturated/α-hetero) is 1. The van der Waals surface area contributed by atoms with Crippen LogP contribution in [-0.2, 0) is 14.8 Å². The molecule has 31 heavy (non-hydrogen) atoms. The SMILES string of the molecule is CN(C)S(=O)(=O)c1cccc(C(=O)CNCC(c2ccc(Cl)cc2)N2CCOCC2)c1. The number of nitrogens with one attached hydrogen (secondary N) is 1. The van der Waals surface area contributed by atoms with Crippen molar-refractivity contribution in [2.45, 2.75) is 10.9 Å². The highest BCUT2D eigenvalue weighted by molar-refractivity contribution is 7.89. The van der Waals surface area contributed by atoms with Gasteiger partial charge in [-0.15, -0.1) is 0 Å². The molecule has 0 saturated carbocycles. The van der Waals surface area contributed by atoms with Crippen molar-refractivity contribution in [3.8, 4) is 0 Å². The minimum absolute atomic E-state index is 0.0782. The largest absolute Gasteiger partial charge is 0.379 e. The molecule has 2 aromatic rings. The van der Waals surface area contributed by atoms with Gasteiger partial charge in [0.1, 0.15) is 0 Å². The molecule has 7 nitrogen and oxygen atoms in total. The first-order chi connectivity index (χ1) is 14.8. The minimum Gasteiger partial charge on any atom is -0.379 e. The van der Waals surface area contributed by atoms with Gasteiger partial charge in [-0.1, -0.05) is 35.9 Å². The first kappa shape index (κ1) is 23.8. The van der Waals surface area contributed by atoms with Gasteiger partial charge in [0, 0.05) is 50.4 Å². The molecular formula is C22H28ClN3O4S. The van der Waals surface area contributed by atoms with E-state index in [9.17, 15) is 13.2 Å². The molecule has 168 valence electrons. The van der Waals surface area contributed by atoms with Crippen molar-refractivity contribution in [2.75, 3.05) is 53.5 Å². The number of carbonyl (C=O) groups excluding carboxylic acids is 1. The summed E-state index contributed by atoms with van der Waals surface area (Å²) in [6.07, 6.45) is 0. The van der Waals surface area contributed by atoms with E-state index < -0.39 is 10.0 Å². The monoisotopic (exact) mass is 465 g/mol. The van der Waals surface area contributed by atoms with Gasteiger partial charge in [-0.3, -0.25) is 9.69 Å². The second-order valence-electron chi connectivity index (χ2n) is 7.59. The number of hydrogen-bond acceptors (Lipinski definition) is 6. The number of morpholine rings is 1. The second kappa shape index (κ2) is 10.7. The number of nitrogens with zero attached hydrogens (tertiary/aromatic N) is 2. The number of halogens is 1. The Hall–Kier alpha value is -1.81. The number of benzene rings is 2. The zero-order chi connectivity index (χ0) is 22.4. The van der Waals surface area contributed by atoms with Gasteiger partial charge in [-0.2, -0.15) is 0 Å². The number of ether oxygens (including phenoxy) is 1. The molecule has 1 fully saturated rings. The van der Waals surface area contributed by atoms with Crippen molar-refractivity contribution in [1.29, 1.82) is 0 Å². The predicted octanol–water partition coefficient (Wildman–Crippen LogP) is 2.44. The van der Waals surface area contributed by atoms with Gasteiger partial charge in [-0.25, -0.2) is 12.7 Å². The Balaban J connectivity index is 1.67. The third-order valence-electron chi connectivity index (χ3n) is 5.30. The standard InChI is InChI=1S/C22H28ClN3O4S/c1-25(2)31(28,29)20-5-3-4-18(14-20)22(27)16-24-15-21(26-10-12-30-13-11-26)17-6-8-19(23)9-7-17/h3-9,14,21,24H,10-13,15-16H2,1-2H3. The van der Waals surface area contributed by atoms with Crippen LogP contribution in [0.25, 0.3) is 0 Å². The van der Waals surface area contributed by atoms with Crippen LogP contribution in [0.2, 0.25) is 5.02 Å². The second-order valence-corrected chi connectivity index (χ2v) is 10.2. The number of rotatable bonds is 9. The summed E-state index contributed by atoms with van der Waals surface area (Å²) in [6, 6.07) is 14.0. The van der Waals surface area contributed by atoms with Gasteiger partial charge in [-0.05, 0) is 29.8 Å². The van der Waals surface area contributed by atoms with Crippen molar-refractivity contribution in [1.82, 2.24) is 14.5 Å². The Bertz CT molecular complexity index is 990. The van der Waals surface area contributed by atoms with Crippen molar-refractivity contribution in [2.24, 2.45) is 0 Å². The maximum absolute atomic E-state index is 12.7. The van der Waals surface area contributed by atoms with Crippen LogP contribution in [0, 0.1) is 0 Å². The summed E-state index contributed by atoms with van der Waals surface area (Å²) in [5.74, 6) is -0.160. The summed E-state index contributed by atoms with van der Waals surface area (Å²) in [6.45, 7) is 3.66. The number of hydrogen-bond donors (Lipinski definition) is 1. The molecule has 1 heterocycles. The fourth-order valence-electron chi connectivity index (χ4n) is 3.50. The Morgan fingerprint density at radius 1 is 1.16 bits per heavy atom. The molecule has 3 rings (SSSR count). The molecule has 1 aliphatic heterocycles. The molecule has 0 amide bonds. The van der Waals surface area contributed by atoms with E-state index in [1.54, 1.807) is 12.1 Å². The number of carbonyl (C=O) groups is 1. The topological polar surface area (TPSA) is 79.0 Å². The molecule has 0 aliphatic carbocycles.